The van der Waals surface area contributed by atoms with Gasteiger partial charge in [-0.1, -0.05) is 25.7 Å². The van der Waals surface area contributed by atoms with E-state index >= 15 is 0 Å². The molecule has 1 aliphatic rings. The fourth-order valence-electron chi connectivity index (χ4n) is 3.24. The summed E-state index contributed by atoms with van der Waals surface area (Å²) < 4.78 is 74.3. The zero-order valence-electron chi connectivity index (χ0n) is 15.4. The van der Waals surface area contributed by atoms with Crippen LogP contribution in [0.25, 0.3) is 0 Å². The summed E-state index contributed by atoms with van der Waals surface area (Å²) in [4.78, 5) is 0. The van der Waals surface area contributed by atoms with Crippen LogP contribution in [0, 0.1) is 17.8 Å². The molecular weight excluding hydrogens is 420 g/mol. The predicted molar refractivity (Wildman–Crippen MR) is 101 cm³/mol. The molecule has 2 aromatic carbocycles. The Bertz CT molecular complexity index is 1220. The van der Waals surface area contributed by atoms with E-state index in [2.05, 4.69) is 20.2 Å². The smallest absolute Gasteiger partial charge is 0.262 e. The van der Waals surface area contributed by atoms with Crippen molar-refractivity contribution >= 4 is 20.8 Å². The summed E-state index contributed by atoms with van der Waals surface area (Å²) in [5.41, 5.74) is 2.68. The molecule has 29 heavy (non-hydrogen) atoms. The van der Waals surface area contributed by atoms with Crippen LogP contribution in [0.3, 0.4) is 0 Å². The van der Waals surface area contributed by atoms with Crippen molar-refractivity contribution in [2.24, 2.45) is 5.92 Å². The van der Waals surface area contributed by atoms with E-state index in [-0.39, 0.29) is 23.3 Å². The SMILES string of the molecule is CC(C)C1Cc2cc(OS(=O)(=O)[O-])ccc2C#Cc2ccc(OS(=O)(=O)[O-])cc21. The molecule has 8 nitrogen and oxygen atoms in total. The Kier molecular flexibility index (Phi) is 5.60. The van der Waals surface area contributed by atoms with Gasteiger partial charge >= 0.3 is 0 Å². The van der Waals surface area contributed by atoms with Crippen LogP contribution in [-0.4, -0.2) is 25.9 Å². The van der Waals surface area contributed by atoms with E-state index in [4.69, 9.17) is 0 Å². The zero-order valence-corrected chi connectivity index (χ0v) is 17.0. The third kappa shape index (κ3) is 5.48. The molecule has 1 aliphatic carbocycles. The van der Waals surface area contributed by atoms with Crippen molar-refractivity contribution in [1.29, 1.82) is 0 Å². The summed E-state index contributed by atoms with van der Waals surface area (Å²) in [6.45, 7) is 3.92. The number of benzene rings is 2. The van der Waals surface area contributed by atoms with Gasteiger partial charge in [0.1, 0.15) is 11.5 Å². The highest BCUT2D eigenvalue weighted by molar-refractivity contribution is 7.81. The molecular formula is C19H16O8S2-2. The molecule has 0 spiro atoms. The first kappa shape index (κ1) is 21.1. The van der Waals surface area contributed by atoms with E-state index in [0.717, 1.165) is 0 Å². The van der Waals surface area contributed by atoms with Gasteiger partial charge in [0.25, 0.3) is 20.8 Å². The van der Waals surface area contributed by atoms with E-state index < -0.39 is 20.8 Å². The highest BCUT2D eigenvalue weighted by Gasteiger charge is 2.23. The molecule has 0 saturated carbocycles. The summed E-state index contributed by atoms with van der Waals surface area (Å²) in [7, 11) is -9.83. The number of hydrogen-bond donors (Lipinski definition) is 0. The quantitative estimate of drug-likeness (QED) is 0.395. The second-order valence-corrected chi connectivity index (χ2v) is 8.82. The van der Waals surface area contributed by atoms with Gasteiger partial charge in [0, 0.05) is 11.1 Å². The number of hydrogen-bond acceptors (Lipinski definition) is 8. The van der Waals surface area contributed by atoms with Crippen LogP contribution in [0.1, 0.15) is 42.0 Å². The second-order valence-electron chi connectivity index (χ2n) is 6.86. The first-order chi connectivity index (χ1) is 13.4. The van der Waals surface area contributed by atoms with Crippen LogP contribution in [0.4, 0.5) is 0 Å². The van der Waals surface area contributed by atoms with E-state index in [9.17, 15) is 25.9 Å². The van der Waals surface area contributed by atoms with Gasteiger partial charge in [-0.3, -0.25) is 0 Å². The molecule has 0 saturated heterocycles. The fourth-order valence-corrected chi connectivity index (χ4v) is 3.92. The lowest BCUT2D eigenvalue weighted by atomic mass is 9.79. The van der Waals surface area contributed by atoms with Gasteiger partial charge in [-0.2, -0.15) is 0 Å². The molecule has 0 N–H and O–H groups in total. The Morgan fingerprint density at radius 3 is 1.97 bits per heavy atom. The van der Waals surface area contributed by atoms with Gasteiger partial charge in [-0.25, -0.2) is 16.8 Å². The molecule has 0 fully saturated rings. The Morgan fingerprint density at radius 2 is 1.41 bits per heavy atom. The summed E-state index contributed by atoms with van der Waals surface area (Å²) in [5.74, 6) is 5.69. The summed E-state index contributed by atoms with van der Waals surface area (Å²) >= 11 is 0. The van der Waals surface area contributed by atoms with Gasteiger partial charge in [0.15, 0.2) is 0 Å². The molecule has 154 valence electrons. The Morgan fingerprint density at radius 1 is 0.897 bits per heavy atom. The predicted octanol–water partition coefficient (Wildman–Crippen LogP) is 2.06. The Hall–Kier alpha value is -2.58. The highest BCUT2D eigenvalue weighted by Crippen LogP contribution is 2.36. The van der Waals surface area contributed by atoms with Crippen molar-refractivity contribution in [2.45, 2.75) is 26.2 Å². The van der Waals surface area contributed by atoms with Crippen molar-refractivity contribution in [1.82, 2.24) is 0 Å². The fraction of sp³-hybridized carbons (Fsp3) is 0.263. The molecule has 0 radical (unpaired) electrons. The Labute approximate surface area is 169 Å². The third-order valence-electron chi connectivity index (χ3n) is 4.47. The van der Waals surface area contributed by atoms with Crippen molar-refractivity contribution in [3.63, 3.8) is 0 Å². The average Bonchev–Trinajstić information content (AvgIpc) is 2.54. The van der Waals surface area contributed by atoms with Gasteiger partial charge in [-0.05, 0) is 65.8 Å². The minimum absolute atomic E-state index is 0.0772. The van der Waals surface area contributed by atoms with E-state index in [1.54, 1.807) is 12.1 Å². The van der Waals surface area contributed by atoms with E-state index in [0.29, 0.717) is 28.7 Å². The topological polar surface area (TPSA) is 133 Å². The first-order valence-corrected chi connectivity index (χ1v) is 11.2. The molecule has 0 heterocycles. The highest BCUT2D eigenvalue weighted by atomic mass is 32.3. The third-order valence-corrected chi connectivity index (χ3v) is 5.27. The van der Waals surface area contributed by atoms with Crippen molar-refractivity contribution in [2.75, 3.05) is 0 Å². The maximum Gasteiger partial charge on any atom is 0.262 e. The van der Waals surface area contributed by atoms with Crippen molar-refractivity contribution < 1.29 is 34.3 Å². The Balaban J connectivity index is 2.10. The van der Waals surface area contributed by atoms with Crippen LogP contribution in [-0.2, 0) is 27.2 Å². The molecule has 10 heteroatoms. The largest absolute Gasteiger partial charge is 0.716 e. The number of rotatable bonds is 5. The van der Waals surface area contributed by atoms with Gasteiger partial charge in [0.2, 0.25) is 0 Å². The molecule has 1 atom stereocenters. The lowest BCUT2D eigenvalue weighted by Crippen LogP contribution is -2.15. The summed E-state index contributed by atoms with van der Waals surface area (Å²) in [6, 6.07) is 8.79. The molecule has 0 aliphatic heterocycles. The minimum Gasteiger partial charge on any atom is -0.716 e. The van der Waals surface area contributed by atoms with E-state index in [1.165, 1.54) is 24.3 Å². The standard InChI is InChI=1S/C19H18O8S2/c1-12(2)18-10-15-9-16(26-28(20,21)22)7-5-13(15)3-4-14-6-8-17(11-19(14)18)27-29(23,24)25/h5-9,11-12,18H,10H2,1-2H3,(H,20,21,22)(H,23,24,25)/p-2. The maximum absolute atomic E-state index is 10.9. The molecule has 0 aromatic heterocycles. The van der Waals surface area contributed by atoms with Crippen LogP contribution >= 0.6 is 0 Å². The molecule has 3 rings (SSSR count). The summed E-state index contributed by atoms with van der Waals surface area (Å²) in [6.07, 6.45) is 0.415. The zero-order chi connectivity index (χ0) is 21.4. The molecule has 0 bridgehead atoms. The van der Waals surface area contributed by atoms with Gasteiger partial charge < -0.3 is 17.5 Å². The minimum atomic E-state index is -4.92. The van der Waals surface area contributed by atoms with Crippen LogP contribution < -0.4 is 8.37 Å². The normalized spacial score (nSPS) is 16.0. The molecule has 2 aromatic rings. The van der Waals surface area contributed by atoms with Crippen LogP contribution in [0.5, 0.6) is 11.5 Å². The van der Waals surface area contributed by atoms with Crippen LogP contribution in [0.2, 0.25) is 0 Å². The maximum atomic E-state index is 10.9. The monoisotopic (exact) mass is 436 g/mol. The van der Waals surface area contributed by atoms with Crippen molar-refractivity contribution in [3.05, 3.63) is 58.7 Å². The number of fused-ring (bicyclic) bond motifs is 2. The lowest BCUT2D eigenvalue weighted by Gasteiger charge is -2.25. The van der Waals surface area contributed by atoms with Crippen molar-refractivity contribution in [3.8, 4) is 23.3 Å². The lowest BCUT2D eigenvalue weighted by molar-refractivity contribution is 0.369. The van der Waals surface area contributed by atoms with Gasteiger partial charge in [-0.15, -0.1) is 0 Å². The molecule has 1 unspecified atom stereocenters. The summed E-state index contributed by atoms with van der Waals surface area (Å²) in [5, 5.41) is 0. The molecule has 0 amide bonds. The average molecular weight is 436 g/mol. The first-order valence-electron chi connectivity index (χ1n) is 8.51. The second kappa shape index (κ2) is 7.68. The van der Waals surface area contributed by atoms with Crippen LogP contribution in [0.15, 0.2) is 36.4 Å². The van der Waals surface area contributed by atoms with Gasteiger partial charge in [0.05, 0.1) is 0 Å². The van der Waals surface area contributed by atoms with E-state index in [1.807, 2.05) is 13.8 Å².